The molecule has 6 nitrogen and oxygen atoms in total. The highest BCUT2D eigenvalue weighted by Gasteiger charge is 2.31. The molecule has 0 atom stereocenters. The van der Waals surface area contributed by atoms with Crippen molar-refractivity contribution in [2.75, 3.05) is 6.54 Å². The van der Waals surface area contributed by atoms with Crippen molar-refractivity contribution in [1.29, 1.82) is 0 Å². The summed E-state index contributed by atoms with van der Waals surface area (Å²) in [5, 5.41) is 24.2. The first-order valence-corrected chi connectivity index (χ1v) is 11.7. The standard InChI is InChI=1S/C24H20ClN5OS/c25-18-7-2-1-6-16(18)23-22-17-8-9-26-12-19(17)32-24(22)30-20(28-29-21(30)13-27-23)11-14-4-3-5-15(31)10-14/h1-7,10,26,31H,8-9,11-13H2. The van der Waals surface area contributed by atoms with Gasteiger partial charge in [-0.2, -0.15) is 0 Å². The van der Waals surface area contributed by atoms with Gasteiger partial charge in [-0.25, -0.2) is 0 Å². The summed E-state index contributed by atoms with van der Waals surface area (Å²) in [5.41, 5.74) is 5.35. The summed E-state index contributed by atoms with van der Waals surface area (Å²) in [5.74, 6) is 1.91. The fourth-order valence-corrected chi connectivity index (χ4v) is 6.06. The van der Waals surface area contributed by atoms with E-state index in [2.05, 4.69) is 20.1 Å². The summed E-state index contributed by atoms with van der Waals surface area (Å²) in [4.78, 5) is 6.33. The third-order valence-corrected chi connectivity index (χ3v) is 7.47. The van der Waals surface area contributed by atoms with Crippen LogP contribution >= 0.6 is 22.9 Å². The van der Waals surface area contributed by atoms with Crippen LogP contribution in [0.1, 0.15) is 38.8 Å². The molecular formula is C24H20ClN5OS. The summed E-state index contributed by atoms with van der Waals surface area (Å²) in [6.45, 7) is 2.22. The van der Waals surface area contributed by atoms with E-state index in [4.69, 9.17) is 16.6 Å². The number of rotatable bonds is 3. The summed E-state index contributed by atoms with van der Waals surface area (Å²) in [6.07, 6.45) is 1.52. The molecule has 0 saturated heterocycles. The van der Waals surface area contributed by atoms with Crippen molar-refractivity contribution >= 4 is 28.6 Å². The van der Waals surface area contributed by atoms with Gasteiger partial charge in [0.05, 0.1) is 5.71 Å². The lowest BCUT2D eigenvalue weighted by Gasteiger charge is -2.16. The fraction of sp³-hybridized carbons (Fsp3) is 0.208. The molecule has 0 unspecified atom stereocenters. The Balaban J connectivity index is 1.55. The van der Waals surface area contributed by atoms with Gasteiger partial charge in [0, 0.05) is 34.0 Å². The summed E-state index contributed by atoms with van der Waals surface area (Å²) < 4.78 is 2.16. The first-order valence-electron chi connectivity index (χ1n) is 10.6. The number of halogens is 1. The maximum absolute atomic E-state index is 9.90. The largest absolute Gasteiger partial charge is 0.508 e. The lowest BCUT2D eigenvalue weighted by atomic mass is 9.96. The average Bonchev–Trinajstić information content (AvgIpc) is 3.32. The van der Waals surface area contributed by atoms with Crippen LogP contribution in [-0.2, 0) is 25.9 Å². The van der Waals surface area contributed by atoms with Crippen molar-refractivity contribution in [3.05, 3.63) is 92.3 Å². The molecule has 32 heavy (non-hydrogen) atoms. The molecular weight excluding hydrogens is 442 g/mol. The molecule has 160 valence electrons. The molecule has 0 spiro atoms. The number of benzene rings is 2. The Labute approximate surface area is 194 Å². The van der Waals surface area contributed by atoms with Gasteiger partial charge in [-0.15, -0.1) is 21.5 Å². The Morgan fingerprint density at radius 3 is 2.91 bits per heavy atom. The fourth-order valence-electron chi connectivity index (χ4n) is 4.48. The van der Waals surface area contributed by atoms with E-state index in [0.29, 0.717) is 18.0 Å². The van der Waals surface area contributed by atoms with Crippen LogP contribution in [0.4, 0.5) is 0 Å². The van der Waals surface area contributed by atoms with Crippen molar-refractivity contribution in [3.8, 4) is 10.8 Å². The van der Waals surface area contributed by atoms with Gasteiger partial charge in [0.2, 0.25) is 0 Å². The lowest BCUT2D eigenvalue weighted by molar-refractivity contribution is 0.474. The van der Waals surface area contributed by atoms with E-state index in [0.717, 1.165) is 58.6 Å². The second kappa shape index (κ2) is 7.85. The van der Waals surface area contributed by atoms with Crippen molar-refractivity contribution in [1.82, 2.24) is 20.1 Å². The number of phenolic OH excluding ortho intramolecular Hbond substituents is 1. The number of aromatic hydroxyl groups is 1. The molecule has 2 aliphatic heterocycles. The van der Waals surface area contributed by atoms with Gasteiger partial charge in [-0.05, 0) is 42.3 Å². The van der Waals surface area contributed by atoms with Crippen LogP contribution in [0.5, 0.6) is 5.75 Å². The minimum atomic E-state index is 0.251. The Morgan fingerprint density at radius 1 is 1.12 bits per heavy atom. The van der Waals surface area contributed by atoms with Crippen molar-refractivity contribution in [2.45, 2.75) is 25.9 Å². The Kier molecular flexibility index (Phi) is 4.82. The molecule has 4 aromatic rings. The van der Waals surface area contributed by atoms with Crippen LogP contribution in [0.3, 0.4) is 0 Å². The molecule has 0 fully saturated rings. The number of thiophene rings is 1. The van der Waals surface area contributed by atoms with Crippen LogP contribution in [0.2, 0.25) is 5.02 Å². The molecule has 8 heteroatoms. The molecule has 2 aromatic carbocycles. The van der Waals surface area contributed by atoms with Crippen LogP contribution in [-0.4, -0.2) is 32.1 Å². The van der Waals surface area contributed by atoms with E-state index in [1.807, 2.05) is 36.4 Å². The van der Waals surface area contributed by atoms with Crippen molar-refractivity contribution < 1.29 is 5.11 Å². The predicted molar refractivity (Wildman–Crippen MR) is 126 cm³/mol. The third-order valence-electron chi connectivity index (χ3n) is 5.93. The number of phenols is 1. The zero-order valence-electron chi connectivity index (χ0n) is 17.2. The van der Waals surface area contributed by atoms with Crippen molar-refractivity contribution in [2.24, 2.45) is 4.99 Å². The average molecular weight is 462 g/mol. The molecule has 0 aliphatic carbocycles. The zero-order valence-corrected chi connectivity index (χ0v) is 18.7. The van der Waals surface area contributed by atoms with E-state index in [-0.39, 0.29) is 5.75 Å². The van der Waals surface area contributed by atoms with Gasteiger partial charge in [0.1, 0.15) is 23.1 Å². The lowest BCUT2D eigenvalue weighted by Crippen LogP contribution is -2.23. The highest BCUT2D eigenvalue weighted by atomic mass is 35.5. The van der Waals surface area contributed by atoms with E-state index in [1.165, 1.54) is 10.4 Å². The van der Waals surface area contributed by atoms with Gasteiger partial charge in [-0.3, -0.25) is 9.56 Å². The summed E-state index contributed by atoms with van der Waals surface area (Å²) >= 11 is 8.40. The second-order valence-corrected chi connectivity index (χ2v) is 9.46. The number of nitrogens with zero attached hydrogens (tertiary/aromatic N) is 4. The van der Waals surface area contributed by atoms with E-state index >= 15 is 0 Å². The predicted octanol–water partition coefficient (Wildman–Crippen LogP) is 4.28. The Morgan fingerprint density at radius 2 is 2.03 bits per heavy atom. The molecule has 0 saturated carbocycles. The Bertz CT molecular complexity index is 1370. The van der Waals surface area contributed by atoms with Crippen LogP contribution in [0, 0.1) is 0 Å². The second-order valence-electron chi connectivity index (χ2n) is 7.97. The zero-order chi connectivity index (χ0) is 21.7. The summed E-state index contributed by atoms with van der Waals surface area (Å²) in [7, 11) is 0. The number of fused-ring (bicyclic) bond motifs is 5. The minimum Gasteiger partial charge on any atom is -0.508 e. The molecule has 2 aromatic heterocycles. The third kappa shape index (κ3) is 3.24. The molecule has 2 N–H and O–H groups in total. The molecule has 6 rings (SSSR count). The van der Waals surface area contributed by atoms with E-state index in [1.54, 1.807) is 23.5 Å². The smallest absolute Gasteiger partial charge is 0.160 e. The maximum Gasteiger partial charge on any atom is 0.160 e. The van der Waals surface area contributed by atoms with Gasteiger partial charge in [-0.1, -0.05) is 41.9 Å². The topological polar surface area (TPSA) is 75.3 Å². The van der Waals surface area contributed by atoms with Crippen molar-refractivity contribution in [3.63, 3.8) is 0 Å². The van der Waals surface area contributed by atoms with E-state index in [9.17, 15) is 5.11 Å². The first-order chi connectivity index (χ1) is 15.7. The Hall–Kier alpha value is -3.00. The molecule has 2 aliphatic rings. The molecule has 4 heterocycles. The highest BCUT2D eigenvalue weighted by molar-refractivity contribution is 7.15. The molecule has 0 radical (unpaired) electrons. The monoisotopic (exact) mass is 461 g/mol. The highest BCUT2D eigenvalue weighted by Crippen LogP contribution is 2.39. The summed E-state index contributed by atoms with van der Waals surface area (Å²) in [6, 6.07) is 15.2. The maximum atomic E-state index is 9.90. The van der Waals surface area contributed by atoms with Gasteiger partial charge in [0.15, 0.2) is 5.82 Å². The minimum absolute atomic E-state index is 0.251. The quantitative estimate of drug-likeness (QED) is 0.477. The van der Waals surface area contributed by atoms with Crippen LogP contribution in [0.15, 0.2) is 53.5 Å². The first kappa shape index (κ1) is 19.7. The number of nitrogens with one attached hydrogen (secondary N) is 1. The number of aliphatic imine (C=N–C) groups is 1. The van der Waals surface area contributed by atoms with E-state index < -0.39 is 0 Å². The van der Waals surface area contributed by atoms with Gasteiger partial charge >= 0.3 is 0 Å². The van der Waals surface area contributed by atoms with Gasteiger partial charge < -0.3 is 10.4 Å². The number of aromatic nitrogens is 3. The number of hydrogen-bond acceptors (Lipinski definition) is 6. The van der Waals surface area contributed by atoms with Gasteiger partial charge in [0.25, 0.3) is 0 Å². The van der Waals surface area contributed by atoms with Crippen LogP contribution < -0.4 is 5.32 Å². The number of hydrogen-bond donors (Lipinski definition) is 2. The molecule has 0 bridgehead atoms. The molecule has 0 amide bonds. The SMILES string of the molecule is Oc1cccc(Cc2nnc3n2-c2sc4c(c2C(c2ccccc2Cl)=NC3)CCNC4)c1. The normalized spacial score (nSPS) is 14.8. The van der Waals surface area contributed by atoms with Crippen LogP contribution in [0.25, 0.3) is 5.00 Å².